The Labute approximate surface area is 174 Å². The first-order chi connectivity index (χ1) is 14.7. The van der Waals surface area contributed by atoms with Crippen LogP contribution in [-0.4, -0.2) is 42.1 Å². The molecule has 1 aliphatic carbocycles. The van der Waals surface area contributed by atoms with Crippen LogP contribution in [0.15, 0.2) is 64.1 Å². The lowest BCUT2D eigenvalue weighted by Gasteiger charge is -2.38. The number of anilines is 1. The van der Waals surface area contributed by atoms with Crippen LogP contribution in [0.2, 0.25) is 0 Å². The minimum absolute atomic E-state index is 0.301. The lowest BCUT2D eigenvalue weighted by molar-refractivity contribution is 0.214. The van der Waals surface area contributed by atoms with Gasteiger partial charge in [0.2, 0.25) is 0 Å². The van der Waals surface area contributed by atoms with Gasteiger partial charge in [-0.1, -0.05) is 6.08 Å². The van der Waals surface area contributed by atoms with Crippen molar-refractivity contribution < 1.29 is 4.42 Å². The van der Waals surface area contributed by atoms with Gasteiger partial charge in [-0.15, -0.1) is 0 Å². The highest BCUT2D eigenvalue weighted by atomic mass is 16.4. The number of benzene rings is 1. The second-order valence-corrected chi connectivity index (χ2v) is 7.84. The van der Waals surface area contributed by atoms with E-state index in [1.807, 2.05) is 30.3 Å². The van der Waals surface area contributed by atoms with Gasteiger partial charge < -0.3 is 9.32 Å². The zero-order valence-corrected chi connectivity index (χ0v) is 16.6. The predicted octanol–water partition coefficient (Wildman–Crippen LogP) is 3.43. The maximum absolute atomic E-state index is 12.3. The fourth-order valence-electron chi connectivity index (χ4n) is 4.45. The summed E-state index contributed by atoms with van der Waals surface area (Å²) in [7, 11) is 0. The van der Waals surface area contributed by atoms with Gasteiger partial charge >= 0.3 is 5.63 Å². The van der Waals surface area contributed by atoms with Crippen LogP contribution in [0.4, 0.5) is 5.69 Å². The molecule has 150 valence electrons. The smallest absolute Gasteiger partial charge is 0.344 e. The van der Waals surface area contributed by atoms with E-state index in [0.29, 0.717) is 22.8 Å². The quantitative estimate of drug-likeness (QED) is 0.673. The number of aromatic nitrogens is 1. The summed E-state index contributed by atoms with van der Waals surface area (Å²) in [6, 6.07) is 14.0. The summed E-state index contributed by atoms with van der Waals surface area (Å²) in [5, 5.41) is 10.4. The molecule has 30 heavy (non-hydrogen) atoms. The molecule has 0 radical (unpaired) electrons. The second kappa shape index (κ2) is 7.77. The summed E-state index contributed by atoms with van der Waals surface area (Å²) in [4.78, 5) is 21.3. The van der Waals surface area contributed by atoms with Gasteiger partial charge in [0, 0.05) is 55.7 Å². The molecule has 3 heterocycles. The van der Waals surface area contributed by atoms with Crippen LogP contribution in [0.25, 0.3) is 16.3 Å². The molecule has 2 aliphatic rings. The highest BCUT2D eigenvalue weighted by Gasteiger charge is 2.27. The fraction of sp³-hybridized carbons (Fsp3) is 0.292. The van der Waals surface area contributed by atoms with Gasteiger partial charge in [-0.2, -0.15) is 5.26 Å². The van der Waals surface area contributed by atoms with Gasteiger partial charge in [-0.25, -0.2) is 4.79 Å². The molecule has 1 atom stereocenters. The minimum atomic E-state index is -0.301. The van der Waals surface area contributed by atoms with Crippen LogP contribution in [0, 0.1) is 11.3 Å². The van der Waals surface area contributed by atoms with E-state index in [0.717, 1.165) is 50.0 Å². The maximum Gasteiger partial charge on any atom is 0.344 e. The molecule has 2 aromatic heterocycles. The average molecular weight is 398 g/mol. The van der Waals surface area contributed by atoms with Crippen molar-refractivity contribution in [3.8, 4) is 6.07 Å². The molecule has 6 heteroatoms. The Morgan fingerprint density at radius 2 is 1.90 bits per heavy atom. The summed E-state index contributed by atoms with van der Waals surface area (Å²) in [6.45, 7) is 3.89. The van der Waals surface area contributed by atoms with Gasteiger partial charge in [-0.05, 0) is 54.8 Å². The molecule has 5 rings (SSSR count). The number of rotatable bonds is 3. The highest BCUT2D eigenvalue weighted by molar-refractivity contribution is 5.82. The molecule has 6 nitrogen and oxygen atoms in total. The van der Waals surface area contributed by atoms with Crippen LogP contribution < -0.4 is 10.5 Å². The van der Waals surface area contributed by atoms with Crippen LogP contribution >= 0.6 is 0 Å². The van der Waals surface area contributed by atoms with Crippen LogP contribution in [0.1, 0.15) is 24.2 Å². The summed E-state index contributed by atoms with van der Waals surface area (Å²) in [5.74, 6) is 0.666. The normalized spacial score (nSPS) is 19.6. The summed E-state index contributed by atoms with van der Waals surface area (Å²) in [6.07, 6.45) is 7.54. The van der Waals surface area contributed by atoms with Crippen LogP contribution in [0.3, 0.4) is 0 Å². The van der Waals surface area contributed by atoms with E-state index in [1.54, 1.807) is 18.5 Å². The molecular weight excluding hydrogens is 376 g/mol. The van der Waals surface area contributed by atoms with Crippen molar-refractivity contribution in [1.82, 2.24) is 9.88 Å². The Kier molecular flexibility index (Phi) is 4.82. The number of nitrogens with zero attached hydrogens (tertiary/aromatic N) is 4. The Balaban J connectivity index is 1.28. The third-order valence-corrected chi connectivity index (χ3v) is 6.13. The van der Waals surface area contributed by atoms with Crippen molar-refractivity contribution in [1.29, 1.82) is 5.26 Å². The third-order valence-electron chi connectivity index (χ3n) is 6.13. The van der Waals surface area contributed by atoms with Gasteiger partial charge in [0.15, 0.2) is 0 Å². The monoisotopic (exact) mass is 398 g/mol. The minimum Gasteiger partial charge on any atom is -0.423 e. The number of hydrogen-bond acceptors (Lipinski definition) is 6. The van der Waals surface area contributed by atoms with Gasteiger partial charge in [0.1, 0.15) is 5.76 Å². The number of allylic oxidation sites excluding steroid dienone is 1. The zero-order chi connectivity index (χ0) is 20.5. The molecule has 1 unspecified atom stereocenters. The van der Waals surface area contributed by atoms with Gasteiger partial charge in [0.25, 0.3) is 0 Å². The molecule has 0 spiro atoms. The fourth-order valence-corrected chi connectivity index (χ4v) is 4.45. The molecule has 0 bridgehead atoms. The molecule has 1 aromatic carbocycles. The average Bonchev–Trinajstić information content (AvgIpc) is 3.30. The van der Waals surface area contributed by atoms with Crippen molar-refractivity contribution in [2.24, 2.45) is 0 Å². The number of piperazine rings is 1. The molecular formula is C24H22N4O2. The molecule has 3 aromatic rings. The first-order valence-corrected chi connectivity index (χ1v) is 10.3. The number of hydrogen-bond donors (Lipinski definition) is 0. The van der Waals surface area contributed by atoms with E-state index >= 15 is 0 Å². The summed E-state index contributed by atoms with van der Waals surface area (Å²) in [5.41, 5.74) is 2.67. The van der Waals surface area contributed by atoms with E-state index in [2.05, 4.69) is 26.9 Å². The van der Waals surface area contributed by atoms with Crippen LogP contribution in [0.5, 0.6) is 0 Å². The van der Waals surface area contributed by atoms with Crippen molar-refractivity contribution in [2.75, 3.05) is 31.1 Å². The Morgan fingerprint density at radius 1 is 1.10 bits per heavy atom. The van der Waals surface area contributed by atoms with E-state index in [1.165, 1.54) is 5.69 Å². The summed E-state index contributed by atoms with van der Waals surface area (Å²) >= 11 is 0. The largest absolute Gasteiger partial charge is 0.423 e. The van der Waals surface area contributed by atoms with Crippen molar-refractivity contribution >= 4 is 22.0 Å². The zero-order valence-electron chi connectivity index (χ0n) is 16.6. The van der Waals surface area contributed by atoms with Crippen molar-refractivity contribution in [2.45, 2.75) is 18.9 Å². The Hall–Kier alpha value is -3.43. The van der Waals surface area contributed by atoms with E-state index in [4.69, 9.17) is 9.68 Å². The van der Waals surface area contributed by atoms with Gasteiger partial charge in [0.05, 0.1) is 17.0 Å². The van der Waals surface area contributed by atoms with E-state index in [-0.39, 0.29) is 5.63 Å². The Bertz CT molecular complexity index is 1200. The second-order valence-electron chi connectivity index (χ2n) is 7.84. The summed E-state index contributed by atoms with van der Waals surface area (Å²) < 4.78 is 5.60. The third kappa shape index (κ3) is 3.49. The predicted molar refractivity (Wildman–Crippen MR) is 116 cm³/mol. The molecule has 1 fully saturated rings. The number of fused-ring (bicyclic) bond motifs is 1. The Morgan fingerprint density at radius 3 is 2.67 bits per heavy atom. The SMILES string of the molecule is N#Cc1ccc(N2CCN(C3C=C(c4cc5cnccc5c(=O)o4)CC3)CC2)cc1. The molecule has 0 saturated carbocycles. The lowest BCUT2D eigenvalue weighted by Crippen LogP contribution is -2.49. The van der Waals surface area contributed by atoms with Gasteiger partial charge in [-0.3, -0.25) is 9.88 Å². The number of nitriles is 1. The molecule has 1 aliphatic heterocycles. The molecule has 0 N–H and O–H groups in total. The van der Waals surface area contributed by atoms with Crippen molar-refractivity contribution in [3.63, 3.8) is 0 Å². The first-order valence-electron chi connectivity index (χ1n) is 10.3. The number of pyridine rings is 1. The molecule has 1 saturated heterocycles. The topological polar surface area (TPSA) is 73.4 Å². The maximum atomic E-state index is 12.3. The van der Waals surface area contributed by atoms with Crippen LogP contribution in [-0.2, 0) is 0 Å². The van der Waals surface area contributed by atoms with E-state index < -0.39 is 0 Å². The van der Waals surface area contributed by atoms with Crippen molar-refractivity contribution in [3.05, 3.63) is 76.6 Å². The lowest BCUT2D eigenvalue weighted by atomic mass is 10.1. The standard InChI is InChI=1S/C24H22N4O2/c25-15-17-1-4-20(5-2-17)27-9-11-28(12-10-27)21-6-3-18(13-21)23-14-19-16-26-8-7-22(19)24(29)30-23/h1-2,4-5,7-8,13-14,16,21H,3,6,9-12H2. The highest BCUT2D eigenvalue weighted by Crippen LogP contribution is 2.32. The first kappa shape index (κ1) is 18.6. The van der Waals surface area contributed by atoms with E-state index in [9.17, 15) is 4.79 Å². The molecule has 0 amide bonds.